The van der Waals surface area contributed by atoms with Crippen LogP contribution in [0.1, 0.15) is 0 Å². The molecule has 0 aliphatic heterocycles. The Labute approximate surface area is 87.6 Å². The highest BCUT2D eigenvalue weighted by molar-refractivity contribution is 7.69. The fraction of sp³-hybridized carbons (Fsp3) is 0. The average Bonchev–Trinajstić information content (AvgIpc) is 2.48. The molecule has 0 saturated carbocycles. The molecule has 1 aromatic heterocycles. The molecular formula is C9H5ClOS2. The third-order valence-electron chi connectivity index (χ3n) is 1.65. The third-order valence-corrected chi connectivity index (χ3v) is 4.34. The number of rotatable bonds is 1. The van der Waals surface area contributed by atoms with E-state index in [0.717, 1.165) is 5.56 Å². The summed E-state index contributed by atoms with van der Waals surface area (Å²) in [7, 11) is 2.50. The maximum atomic E-state index is 11.4. The fourth-order valence-electron chi connectivity index (χ4n) is 1.07. The van der Waals surface area contributed by atoms with Crippen LogP contribution in [-0.4, -0.2) is 0 Å². The van der Waals surface area contributed by atoms with Crippen molar-refractivity contribution in [2.24, 2.45) is 0 Å². The lowest BCUT2D eigenvalue weighted by Gasteiger charge is -1.94. The molecule has 0 amide bonds. The van der Waals surface area contributed by atoms with Gasteiger partial charge in [-0.25, -0.2) is 0 Å². The number of hydrogen-bond acceptors (Lipinski definition) is 3. The van der Waals surface area contributed by atoms with E-state index in [1.807, 2.05) is 30.3 Å². The highest BCUT2D eigenvalue weighted by Gasteiger charge is 2.09. The second-order valence-electron chi connectivity index (χ2n) is 2.47. The summed E-state index contributed by atoms with van der Waals surface area (Å²) in [6.45, 7) is 0. The summed E-state index contributed by atoms with van der Waals surface area (Å²) >= 11 is 5.91. The van der Waals surface area contributed by atoms with E-state index < -0.39 is 0 Å². The lowest BCUT2D eigenvalue weighted by atomic mass is 10.1. The second-order valence-corrected chi connectivity index (χ2v) is 5.18. The molecule has 0 aliphatic carbocycles. The van der Waals surface area contributed by atoms with E-state index in [0.29, 0.717) is 9.90 Å². The van der Waals surface area contributed by atoms with Gasteiger partial charge in [0.1, 0.15) is 4.34 Å². The van der Waals surface area contributed by atoms with Crippen molar-refractivity contribution >= 4 is 32.3 Å². The standard InChI is InChI=1S/C9H5ClOS2/c10-8-7(9(11)13-12-8)6-4-2-1-3-5-6/h1-5H. The Bertz CT molecular complexity index is 458. The van der Waals surface area contributed by atoms with Crippen molar-refractivity contribution in [2.45, 2.75) is 0 Å². The van der Waals surface area contributed by atoms with Crippen molar-refractivity contribution < 1.29 is 0 Å². The third kappa shape index (κ3) is 1.68. The van der Waals surface area contributed by atoms with Crippen molar-refractivity contribution in [3.8, 4) is 11.1 Å². The smallest absolute Gasteiger partial charge is 0.252 e. The molecule has 1 aromatic carbocycles. The van der Waals surface area contributed by atoms with Gasteiger partial charge in [0.2, 0.25) is 0 Å². The van der Waals surface area contributed by atoms with Gasteiger partial charge in [0, 0.05) is 0 Å². The van der Waals surface area contributed by atoms with Gasteiger partial charge < -0.3 is 0 Å². The van der Waals surface area contributed by atoms with E-state index in [-0.39, 0.29) is 4.74 Å². The number of halogens is 1. The molecule has 13 heavy (non-hydrogen) atoms. The minimum absolute atomic E-state index is 0.0428. The second kappa shape index (κ2) is 3.62. The van der Waals surface area contributed by atoms with Crippen molar-refractivity contribution in [3.05, 3.63) is 44.2 Å². The van der Waals surface area contributed by atoms with Crippen LogP contribution >= 0.6 is 32.3 Å². The van der Waals surface area contributed by atoms with E-state index in [1.165, 1.54) is 20.7 Å². The molecule has 0 aliphatic rings. The summed E-state index contributed by atoms with van der Waals surface area (Å²) in [6.07, 6.45) is 0. The molecule has 0 unspecified atom stereocenters. The highest BCUT2D eigenvalue weighted by atomic mass is 35.5. The molecule has 2 rings (SSSR count). The summed E-state index contributed by atoms with van der Waals surface area (Å²) in [5, 5.41) is 0. The first kappa shape index (κ1) is 8.94. The molecule has 0 saturated heterocycles. The number of hydrogen-bond donors (Lipinski definition) is 0. The summed E-state index contributed by atoms with van der Waals surface area (Å²) in [5.74, 6) is 0. The van der Waals surface area contributed by atoms with Gasteiger partial charge >= 0.3 is 0 Å². The zero-order chi connectivity index (χ0) is 9.26. The zero-order valence-corrected chi connectivity index (χ0v) is 8.88. The molecule has 4 heteroatoms. The molecule has 1 nitrogen and oxygen atoms in total. The quantitative estimate of drug-likeness (QED) is 0.683. The largest absolute Gasteiger partial charge is 0.276 e. The topological polar surface area (TPSA) is 17.1 Å². The van der Waals surface area contributed by atoms with E-state index >= 15 is 0 Å². The lowest BCUT2D eigenvalue weighted by Crippen LogP contribution is -1.92. The zero-order valence-electron chi connectivity index (χ0n) is 6.49. The van der Waals surface area contributed by atoms with Gasteiger partial charge in [-0.15, -0.1) is 0 Å². The summed E-state index contributed by atoms with van der Waals surface area (Å²) < 4.78 is 0.627. The van der Waals surface area contributed by atoms with Gasteiger partial charge in [0.05, 0.1) is 5.56 Å². The molecule has 0 radical (unpaired) electrons. The highest BCUT2D eigenvalue weighted by Crippen LogP contribution is 2.30. The van der Waals surface area contributed by atoms with Gasteiger partial charge in [-0.2, -0.15) is 0 Å². The predicted molar refractivity (Wildman–Crippen MR) is 58.9 cm³/mol. The Morgan fingerprint density at radius 2 is 1.77 bits per heavy atom. The first-order valence-corrected chi connectivity index (χ1v) is 6.16. The van der Waals surface area contributed by atoms with E-state index in [4.69, 9.17) is 11.6 Å². The molecule has 0 bridgehead atoms. The lowest BCUT2D eigenvalue weighted by molar-refractivity contribution is 1.66. The van der Waals surface area contributed by atoms with E-state index in [2.05, 4.69) is 0 Å². The van der Waals surface area contributed by atoms with E-state index in [1.54, 1.807) is 0 Å². The molecule has 0 atom stereocenters. The molecular weight excluding hydrogens is 224 g/mol. The Balaban J connectivity index is 2.65. The number of benzene rings is 1. The van der Waals surface area contributed by atoms with Gasteiger partial charge in [-0.3, -0.25) is 4.79 Å². The Hall–Kier alpha value is -0.640. The Morgan fingerprint density at radius 3 is 2.31 bits per heavy atom. The first-order chi connectivity index (χ1) is 6.29. The van der Waals surface area contributed by atoms with Crippen molar-refractivity contribution in [1.82, 2.24) is 0 Å². The van der Waals surface area contributed by atoms with Crippen LogP contribution in [-0.2, 0) is 0 Å². The summed E-state index contributed by atoms with van der Waals surface area (Å²) in [5.41, 5.74) is 1.53. The normalized spacial score (nSPS) is 10.2. The van der Waals surface area contributed by atoms with Crippen LogP contribution in [0.2, 0.25) is 4.34 Å². The fourth-order valence-corrected chi connectivity index (χ4v) is 3.37. The SMILES string of the molecule is O=c1ssc(Cl)c1-c1ccccc1. The maximum absolute atomic E-state index is 11.4. The molecule has 66 valence electrons. The van der Waals surface area contributed by atoms with Gasteiger partial charge in [0.25, 0.3) is 4.74 Å². The van der Waals surface area contributed by atoms with Crippen LogP contribution in [0.3, 0.4) is 0 Å². The van der Waals surface area contributed by atoms with Gasteiger partial charge in [-0.05, 0) is 15.9 Å². The van der Waals surface area contributed by atoms with Gasteiger partial charge in [-0.1, -0.05) is 52.3 Å². The van der Waals surface area contributed by atoms with Crippen LogP contribution in [0.15, 0.2) is 35.1 Å². The van der Waals surface area contributed by atoms with Crippen LogP contribution < -0.4 is 4.74 Å². The minimum atomic E-state index is 0.0428. The molecule has 0 fully saturated rings. The predicted octanol–water partition coefficient (Wildman–Crippen LogP) is 3.49. The average molecular weight is 229 g/mol. The Morgan fingerprint density at radius 1 is 1.08 bits per heavy atom. The summed E-state index contributed by atoms with van der Waals surface area (Å²) in [6, 6.07) is 9.49. The molecule has 0 N–H and O–H groups in total. The van der Waals surface area contributed by atoms with Crippen molar-refractivity contribution in [2.75, 3.05) is 0 Å². The van der Waals surface area contributed by atoms with Crippen molar-refractivity contribution in [1.29, 1.82) is 0 Å². The first-order valence-electron chi connectivity index (χ1n) is 3.63. The van der Waals surface area contributed by atoms with Crippen molar-refractivity contribution in [3.63, 3.8) is 0 Å². The molecule has 2 aromatic rings. The molecule has 0 spiro atoms. The van der Waals surface area contributed by atoms with E-state index in [9.17, 15) is 4.79 Å². The minimum Gasteiger partial charge on any atom is -0.276 e. The van der Waals surface area contributed by atoms with Crippen LogP contribution in [0, 0.1) is 0 Å². The molecule has 1 heterocycles. The Kier molecular flexibility index (Phi) is 2.49. The monoisotopic (exact) mass is 228 g/mol. The van der Waals surface area contributed by atoms with Crippen LogP contribution in [0.25, 0.3) is 11.1 Å². The summed E-state index contributed by atoms with van der Waals surface area (Å²) in [4.78, 5) is 11.4. The van der Waals surface area contributed by atoms with Crippen LogP contribution in [0.5, 0.6) is 0 Å². The van der Waals surface area contributed by atoms with Crippen LogP contribution in [0.4, 0.5) is 0 Å². The van der Waals surface area contributed by atoms with Gasteiger partial charge in [0.15, 0.2) is 0 Å². The maximum Gasteiger partial charge on any atom is 0.252 e.